The van der Waals surface area contributed by atoms with Crippen molar-refractivity contribution in [3.63, 3.8) is 0 Å². The standard InChI is InChI=1S/C28H25Cl2F2N5O5/c1-2-42-25-17(26(33)39)8-22(35-24(25)16-7-18(29)21(32)9-20(16)31)28(41,12-38)11-34-27(40)13-5-14-10-37(15-3-4-15)36-23(14)19(30)6-13/h5-10,15,38,41H,2-4,11-12H2,1H3,(H2,33,39)(H,34,40)/t28-/m1/s1. The number of amides is 2. The summed E-state index contributed by atoms with van der Waals surface area (Å²) in [6.07, 6.45) is 3.83. The number of aliphatic hydroxyl groups is 2. The number of hydrogen-bond acceptors (Lipinski definition) is 7. The first-order valence-electron chi connectivity index (χ1n) is 12.9. The van der Waals surface area contributed by atoms with E-state index < -0.39 is 47.2 Å². The number of carbonyl (C=O) groups excluding carboxylic acids is 2. The molecule has 5 N–H and O–H groups in total. The SMILES string of the molecule is CCOc1c(C(N)=O)cc([C@](O)(CO)CNC(=O)c2cc(Cl)c3nn(C4CC4)cc3c2)nc1-c1cc(Cl)c(F)cc1F. The Hall–Kier alpha value is -3.84. The fourth-order valence-corrected chi connectivity index (χ4v) is 4.88. The van der Waals surface area contributed by atoms with Crippen LogP contribution in [0.3, 0.4) is 0 Å². The molecule has 0 spiro atoms. The number of rotatable bonds is 10. The molecule has 4 aromatic rings. The summed E-state index contributed by atoms with van der Waals surface area (Å²) in [5.41, 5.74) is 2.65. The third-order valence-corrected chi connectivity index (χ3v) is 7.41. The monoisotopic (exact) mass is 619 g/mol. The molecule has 1 saturated carbocycles. The molecule has 0 bridgehead atoms. The number of halogens is 4. The van der Waals surface area contributed by atoms with Gasteiger partial charge in [0, 0.05) is 28.8 Å². The maximum absolute atomic E-state index is 14.9. The lowest BCUT2D eigenvalue weighted by atomic mass is 9.95. The van der Waals surface area contributed by atoms with Gasteiger partial charge >= 0.3 is 0 Å². The van der Waals surface area contributed by atoms with Crippen LogP contribution in [-0.2, 0) is 5.60 Å². The van der Waals surface area contributed by atoms with Crippen molar-refractivity contribution in [1.82, 2.24) is 20.1 Å². The Morgan fingerprint density at radius 3 is 2.55 bits per heavy atom. The van der Waals surface area contributed by atoms with Crippen LogP contribution in [0.1, 0.15) is 52.2 Å². The summed E-state index contributed by atoms with van der Waals surface area (Å²) in [4.78, 5) is 29.8. The minimum atomic E-state index is -2.29. The van der Waals surface area contributed by atoms with E-state index in [1.807, 2.05) is 4.68 Å². The number of pyridine rings is 1. The van der Waals surface area contributed by atoms with E-state index in [1.54, 1.807) is 19.2 Å². The predicted molar refractivity (Wildman–Crippen MR) is 151 cm³/mol. The first-order chi connectivity index (χ1) is 19.9. The summed E-state index contributed by atoms with van der Waals surface area (Å²) in [5, 5.41) is 29.1. The van der Waals surface area contributed by atoms with Crippen LogP contribution in [0.5, 0.6) is 5.75 Å². The van der Waals surface area contributed by atoms with Crippen LogP contribution in [0.4, 0.5) is 8.78 Å². The number of nitrogens with zero attached hydrogens (tertiary/aromatic N) is 3. The minimum absolute atomic E-state index is 0.0115. The van der Waals surface area contributed by atoms with Crippen LogP contribution in [-0.4, -0.2) is 56.6 Å². The largest absolute Gasteiger partial charge is 0.491 e. The summed E-state index contributed by atoms with van der Waals surface area (Å²) in [6, 6.07) is 5.87. The lowest BCUT2D eigenvalue weighted by Gasteiger charge is -2.27. The molecule has 5 rings (SSSR count). The number of ether oxygens (including phenoxy) is 1. The van der Waals surface area contributed by atoms with Gasteiger partial charge in [0.15, 0.2) is 5.75 Å². The molecule has 220 valence electrons. The van der Waals surface area contributed by atoms with E-state index in [2.05, 4.69) is 15.4 Å². The van der Waals surface area contributed by atoms with E-state index in [-0.39, 0.29) is 45.5 Å². The topological polar surface area (TPSA) is 153 Å². The second-order valence-corrected chi connectivity index (χ2v) is 10.7. The minimum Gasteiger partial charge on any atom is -0.491 e. The van der Waals surface area contributed by atoms with Gasteiger partial charge in [0.1, 0.15) is 28.4 Å². The van der Waals surface area contributed by atoms with E-state index in [4.69, 9.17) is 33.7 Å². The number of carbonyl (C=O) groups is 2. The zero-order valence-electron chi connectivity index (χ0n) is 22.1. The van der Waals surface area contributed by atoms with Gasteiger partial charge in [-0.2, -0.15) is 5.10 Å². The lowest BCUT2D eigenvalue weighted by Crippen LogP contribution is -2.44. The summed E-state index contributed by atoms with van der Waals surface area (Å²) in [6.45, 7) is 0.0331. The molecule has 14 heteroatoms. The van der Waals surface area contributed by atoms with E-state index in [0.29, 0.717) is 23.0 Å². The maximum Gasteiger partial charge on any atom is 0.252 e. The van der Waals surface area contributed by atoms with Crippen LogP contribution in [0.15, 0.2) is 36.5 Å². The number of fused-ring (bicyclic) bond motifs is 1. The van der Waals surface area contributed by atoms with Gasteiger partial charge in [-0.15, -0.1) is 0 Å². The molecule has 1 atom stereocenters. The van der Waals surface area contributed by atoms with Crippen molar-refractivity contribution in [2.24, 2.45) is 5.73 Å². The van der Waals surface area contributed by atoms with Gasteiger partial charge < -0.3 is 26.0 Å². The molecule has 2 amide bonds. The van der Waals surface area contributed by atoms with Crippen molar-refractivity contribution in [3.05, 3.63) is 75.0 Å². The van der Waals surface area contributed by atoms with E-state index >= 15 is 0 Å². The fourth-order valence-electron chi connectivity index (χ4n) is 4.46. The van der Waals surface area contributed by atoms with Crippen molar-refractivity contribution in [2.75, 3.05) is 19.8 Å². The molecule has 0 radical (unpaired) electrons. The smallest absolute Gasteiger partial charge is 0.252 e. The van der Waals surface area contributed by atoms with Crippen molar-refractivity contribution in [3.8, 4) is 17.0 Å². The molecule has 0 saturated heterocycles. The van der Waals surface area contributed by atoms with Gasteiger partial charge in [0.25, 0.3) is 11.8 Å². The van der Waals surface area contributed by atoms with Crippen molar-refractivity contribution in [1.29, 1.82) is 0 Å². The van der Waals surface area contributed by atoms with Crippen LogP contribution in [0.2, 0.25) is 10.0 Å². The van der Waals surface area contributed by atoms with Crippen LogP contribution >= 0.6 is 23.2 Å². The third kappa shape index (κ3) is 5.62. The highest BCUT2D eigenvalue weighted by molar-refractivity contribution is 6.35. The summed E-state index contributed by atoms with van der Waals surface area (Å²) >= 11 is 12.3. The van der Waals surface area contributed by atoms with Crippen LogP contribution in [0.25, 0.3) is 22.2 Å². The molecule has 1 aliphatic carbocycles. The first kappa shape index (κ1) is 29.6. The molecule has 2 aromatic heterocycles. The Kier molecular flexibility index (Phi) is 8.08. The second-order valence-electron chi connectivity index (χ2n) is 9.88. The van der Waals surface area contributed by atoms with Gasteiger partial charge in [-0.25, -0.2) is 13.8 Å². The number of primary amides is 1. The van der Waals surface area contributed by atoms with E-state index in [9.17, 15) is 28.6 Å². The Labute approximate surface area is 248 Å². The number of benzene rings is 2. The molecule has 2 heterocycles. The number of nitrogens with two attached hydrogens (primary N) is 1. The summed E-state index contributed by atoms with van der Waals surface area (Å²) in [7, 11) is 0. The highest BCUT2D eigenvalue weighted by Gasteiger charge is 2.35. The normalized spacial score (nSPS) is 14.5. The Morgan fingerprint density at radius 1 is 1.17 bits per heavy atom. The Morgan fingerprint density at radius 2 is 1.90 bits per heavy atom. The second kappa shape index (κ2) is 11.4. The van der Waals surface area contributed by atoms with Crippen LogP contribution in [0, 0.1) is 11.6 Å². The third-order valence-electron chi connectivity index (χ3n) is 6.83. The van der Waals surface area contributed by atoms with E-state index in [0.717, 1.165) is 25.0 Å². The number of nitrogens with one attached hydrogen (secondary N) is 1. The maximum atomic E-state index is 14.9. The quantitative estimate of drug-likeness (QED) is 0.195. The molecular formula is C28H25Cl2F2N5O5. The van der Waals surface area contributed by atoms with Gasteiger partial charge in [0.05, 0.1) is 47.1 Å². The number of hydrogen-bond donors (Lipinski definition) is 4. The predicted octanol–water partition coefficient (Wildman–Crippen LogP) is 4.13. The van der Waals surface area contributed by atoms with Crippen molar-refractivity contribution < 1.29 is 33.3 Å². The molecule has 2 aromatic carbocycles. The number of aliphatic hydroxyl groups excluding tert-OH is 1. The molecule has 1 fully saturated rings. The summed E-state index contributed by atoms with van der Waals surface area (Å²) in [5.74, 6) is -4.02. The average molecular weight is 620 g/mol. The molecule has 10 nitrogen and oxygen atoms in total. The average Bonchev–Trinajstić information content (AvgIpc) is 3.72. The fraction of sp³-hybridized carbons (Fsp3) is 0.286. The van der Waals surface area contributed by atoms with Crippen LogP contribution < -0.4 is 15.8 Å². The Bertz CT molecular complexity index is 1730. The highest BCUT2D eigenvalue weighted by atomic mass is 35.5. The highest BCUT2D eigenvalue weighted by Crippen LogP contribution is 2.38. The molecule has 42 heavy (non-hydrogen) atoms. The van der Waals surface area contributed by atoms with Gasteiger partial charge in [-0.05, 0) is 44.0 Å². The van der Waals surface area contributed by atoms with Gasteiger partial charge in [0.2, 0.25) is 0 Å². The Balaban J connectivity index is 1.51. The van der Waals surface area contributed by atoms with Crippen molar-refractivity contribution in [2.45, 2.75) is 31.4 Å². The molecule has 0 aliphatic heterocycles. The van der Waals surface area contributed by atoms with Gasteiger partial charge in [-0.3, -0.25) is 14.3 Å². The van der Waals surface area contributed by atoms with Crippen molar-refractivity contribution >= 4 is 45.9 Å². The molecular weight excluding hydrogens is 595 g/mol. The van der Waals surface area contributed by atoms with E-state index in [1.165, 1.54) is 6.07 Å². The zero-order valence-corrected chi connectivity index (χ0v) is 23.6. The zero-order chi connectivity index (χ0) is 30.3. The van der Waals surface area contributed by atoms with Gasteiger partial charge in [-0.1, -0.05) is 23.2 Å². The lowest BCUT2D eigenvalue weighted by molar-refractivity contribution is -0.0204. The first-order valence-corrected chi connectivity index (χ1v) is 13.6. The summed E-state index contributed by atoms with van der Waals surface area (Å²) < 4.78 is 36.2. The number of aromatic nitrogens is 3. The molecule has 0 unspecified atom stereocenters. The molecule has 1 aliphatic rings.